The highest BCUT2D eigenvalue weighted by molar-refractivity contribution is 6.30. The van der Waals surface area contributed by atoms with Crippen molar-refractivity contribution < 1.29 is 9.18 Å². The topological polar surface area (TPSA) is 20.3 Å². The fourth-order valence-electron chi connectivity index (χ4n) is 1.67. The van der Waals surface area contributed by atoms with Crippen molar-refractivity contribution in [2.45, 2.75) is 19.3 Å². The molecule has 0 radical (unpaired) electrons. The van der Waals surface area contributed by atoms with Gasteiger partial charge in [0.15, 0.2) is 0 Å². The number of halogens is 2. The summed E-state index contributed by atoms with van der Waals surface area (Å²) in [4.78, 5) is 13.4. The fourth-order valence-corrected chi connectivity index (χ4v) is 1.87. The van der Waals surface area contributed by atoms with Gasteiger partial charge in [-0.05, 0) is 30.5 Å². The number of nitrogens with zero attached hydrogens (tertiary/aromatic N) is 1. The van der Waals surface area contributed by atoms with Gasteiger partial charge in [-0.15, -0.1) is 0 Å². The summed E-state index contributed by atoms with van der Waals surface area (Å²) in [5.74, 6) is -0.244. The molecule has 0 spiro atoms. The Bertz CT molecular complexity index is 404. The Hall–Kier alpha value is -1.09. The summed E-state index contributed by atoms with van der Waals surface area (Å²) < 4.78 is 12.9. The first kappa shape index (κ1) is 11.4. The fraction of sp³-hybridized carbons (Fsp3) is 0.417. The molecule has 0 unspecified atom stereocenters. The lowest BCUT2D eigenvalue weighted by atomic mass is 10.1. The van der Waals surface area contributed by atoms with E-state index in [1.165, 1.54) is 6.07 Å². The molecule has 0 aromatic heterocycles. The van der Waals surface area contributed by atoms with Crippen LogP contribution in [0.3, 0.4) is 0 Å². The summed E-state index contributed by atoms with van der Waals surface area (Å²) >= 11 is 5.66. The molecule has 1 aliphatic rings. The summed E-state index contributed by atoms with van der Waals surface area (Å²) in [6.45, 7) is 1.76. The van der Waals surface area contributed by atoms with Crippen LogP contribution in [0.25, 0.3) is 0 Å². The minimum absolute atomic E-state index is 0.119. The van der Waals surface area contributed by atoms with E-state index in [4.69, 9.17) is 11.6 Å². The third-order valence-electron chi connectivity index (χ3n) is 2.82. The lowest BCUT2D eigenvalue weighted by Crippen LogP contribution is -2.42. The van der Waals surface area contributed by atoms with E-state index in [9.17, 15) is 9.18 Å². The highest BCUT2D eigenvalue weighted by Crippen LogP contribution is 2.17. The number of carbonyl (C=O) groups excluding carboxylic acids is 1. The molecular weight excluding hydrogens is 229 g/mol. The van der Waals surface area contributed by atoms with Crippen molar-refractivity contribution >= 4 is 17.5 Å². The largest absolute Gasteiger partial charge is 0.343 e. The number of carbonyl (C=O) groups is 1. The van der Waals surface area contributed by atoms with Crippen molar-refractivity contribution in [2.24, 2.45) is 0 Å². The summed E-state index contributed by atoms with van der Waals surface area (Å²) in [6, 6.07) is 4.59. The van der Waals surface area contributed by atoms with Crippen molar-refractivity contribution in [3.63, 3.8) is 0 Å². The van der Waals surface area contributed by atoms with Crippen LogP contribution in [0.1, 0.15) is 18.4 Å². The van der Waals surface area contributed by atoms with Crippen LogP contribution in [0, 0.1) is 5.82 Å². The molecule has 86 valence electrons. The smallest absolute Gasteiger partial charge is 0.222 e. The van der Waals surface area contributed by atoms with Crippen molar-refractivity contribution in [1.29, 1.82) is 0 Å². The molecule has 4 heteroatoms. The Morgan fingerprint density at radius 2 is 2.19 bits per heavy atom. The predicted molar refractivity (Wildman–Crippen MR) is 60.9 cm³/mol. The van der Waals surface area contributed by atoms with Gasteiger partial charge in [0.05, 0.1) is 5.02 Å². The molecule has 1 aromatic rings. The van der Waals surface area contributed by atoms with Crippen LogP contribution < -0.4 is 0 Å². The van der Waals surface area contributed by atoms with E-state index in [-0.39, 0.29) is 10.9 Å². The highest BCUT2D eigenvalue weighted by atomic mass is 35.5. The first-order valence-electron chi connectivity index (χ1n) is 5.38. The molecular formula is C12H13ClFNO. The number of amides is 1. The Morgan fingerprint density at radius 1 is 1.44 bits per heavy atom. The van der Waals surface area contributed by atoms with Crippen molar-refractivity contribution in [3.05, 3.63) is 34.6 Å². The van der Waals surface area contributed by atoms with Gasteiger partial charge in [0, 0.05) is 19.5 Å². The van der Waals surface area contributed by atoms with Gasteiger partial charge in [-0.3, -0.25) is 4.79 Å². The van der Waals surface area contributed by atoms with E-state index >= 15 is 0 Å². The summed E-state index contributed by atoms with van der Waals surface area (Å²) in [7, 11) is 0. The average Bonchev–Trinajstić information content (AvgIpc) is 2.17. The number of likely N-dealkylation sites (tertiary alicyclic amines) is 1. The summed E-state index contributed by atoms with van der Waals surface area (Å²) in [6.07, 6.45) is 2.20. The maximum Gasteiger partial charge on any atom is 0.222 e. The van der Waals surface area contributed by atoms with Gasteiger partial charge in [0.25, 0.3) is 0 Å². The van der Waals surface area contributed by atoms with E-state index in [1.807, 2.05) is 4.90 Å². The first-order valence-corrected chi connectivity index (χ1v) is 5.76. The van der Waals surface area contributed by atoms with Crippen LogP contribution in [0.5, 0.6) is 0 Å². The second-order valence-corrected chi connectivity index (χ2v) is 4.39. The van der Waals surface area contributed by atoms with Crippen LogP contribution in [0.15, 0.2) is 18.2 Å². The van der Waals surface area contributed by atoms with Crippen LogP contribution >= 0.6 is 11.6 Å². The second-order valence-electron chi connectivity index (χ2n) is 3.98. The maximum atomic E-state index is 12.9. The number of aryl methyl sites for hydroxylation is 1. The maximum absolute atomic E-state index is 12.9. The van der Waals surface area contributed by atoms with Crippen LogP contribution in [0.2, 0.25) is 5.02 Å². The van der Waals surface area contributed by atoms with Gasteiger partial charge in [-0.25, -0.2) is 4.39 Å². The predicted octanol–water partition coefficient (Wildman–Crippen LogP) is 2.64. The van der Waals surface area contributed by atoms with E-state index < -0.39 is 5.82 Å². The third kappa shape index (κ3) is 2.53. The number of benzene rings is 1. The molecule has 1 aliphatic heterocycles. The van der Waals surface area contributed by atoms with Crippen LogP contribution in [-0.2, 0) is 11.2 Å². The van der Waals surface area contributed by atoms with E-state index in [2.05, 4.69) is 0 Å². The van der Waals surface area contributed by atoms with E-state index in [0.29, 0.717) is 12.8 Å². The molecule has 0 aliphatic carbocycles. The molecule has 1 saturated heterocycles. The highest BCUT2D eigenvalue weighted by Gasteiger charge is 2.19. The molecule has 2 nitrogen and oxygen atoms in total. The van der Waals surface area contributed by atoms with E-state index in [0.717, 1.165) is 25.1 Å². The summed E-state index contributed by atoms with van der Waals surface area (Å²) in [5, 5.41) is 0.119. The Labute approximate surface area is 99.0 Å². The molecule has 1 amide bonds. The van der Waals surface area contributed by atoms with Gasteiger partial charge < -0.3 is 4.90 Å². The Balaban J connectivity index is 1.89. The number of hydrogen-bond donors (Lipinski definition) is 0. The molecule has 1 aromatic carbocycles. The van der Waals surface area contributed by atoms with Gasteiger partial charge in [0.2, 0.25) is 5.91 Å². The molecule has 0 saturated carbocycles. The molecule has 0 N–H and O–H groups in total. The van der Waals surface area contributed by atoms with Crippen molar-refractivity contribution in [1.82, 2.24) is 4.90 Å². The minimum atomic E-state index is -0.417. The quantitative estimate of drug-likeness (QED) is 0.797. The normalized spacial score (nSPS) is 14.8. The van der Waals surface area contributed by atoms with Gasteiger partial charge >= 0.3 is 0 Å². The van der Waals surface area contributed by atoms with Gasteiger partial charge in [-0.2, -0.15) is 0 Å². The molecule has 1 heterocycles. The zero-order valence-electron chi connectivity index (χ0n) is 8.88. The first-order chi connectivity index (χ1) is 7.66. The second kappa shape index (κ2) is 4.83. The molecule has 1 fully saturated rings. The Morgan fingerprint density at radius 3 is 2.75 bits per heavy atom. The molecule has 16 heavy (non-hydrogen) atoms. The minimum Gasteiger partial charge on any atom is -0.343 e. The zero-order chi connectivity index (χ0) is 11.5. The monoisotopic (exact) mass is 241 g/mol. The molecule has 2 rings (SSSR count). The zero-order valence-corrected chi connectivity index (χ0v) is 9.63. The molecule has 0 bridgehead atoms. The van der Waals surface area contributed by atoms with Crippen molar-refractivity contribution in [2.75, 3.05) is 13.1 Å². The lowest BCUT2D eigenvalue weighted by Gasteiger charge is -2.30. The third-order valence-corrected chi connectivity index (χ3v) is 3.11. The lowest BCUT2D eigenvalue weighted by molar-refractivity contribution is -0.134. The van der Waals surface area contributed by atoms with Crippen LogP contribution in [-0.4, -0.2) is 23.9 Å². The van der Waals surface area contributed by atoms with Crippen LogP contribution in [0.4, 0.5) is 4.39 Å². The summed E-state index contributed by atoms with van der Waals surface area (Å²) in [5.41, 5.74) is 0.903. The number of hydrogen-bond acceptors (Lipinski definition) is 1. The molecule has 0 atom stereocenters. The van der Waals surface area contributed by atoms with E-state index in [1.54, 1.807) is 12.1 Å². The van der Waals surface area contributed by atoms with Crippen molar-refractivity contribution in [3.8, 4) is 0 Å². The number of rotatable bonds is 3. The van der Waals surface area contributed by atoms with Gasteiger partial charge in [-0.1, -0.05) is 17.7 Å². The average molecular weight is 242 g/mol. The van der Waals surface area contributed by atoms with Gasteiger partial charge in [0.1, 0.15) is 5.82 Å². The Kier molecular flexibility index (Phi) is 3.44. The SMILES string of the molecule is O=C(CCc1ccc(F)c(Cl)c1)N1CCC1. The standard InChI is InChI=1S/C12H13ClFNO/c13-10-8-9(2-4-11(10)14)3-5-12(16)15-6-1-7-15/h2,4,8H,1,3,5-7H2.